The van der Waals surface area contributed by atoms with Crippen LogP contribution in [0.25, 0.3) is 15.5 Å². The third-order valence-electron chi connectivity index (χ3n) is 2.46. The molecule has 7 nitrogen and oxygen atoms in total. The van der Waals surface area contributed by atoms with Gasteiger partial charge >= 0.3 is 6.18 Å². The molecular weight excluding hydrogens is 283 g/mol. The molecule has 0 saturated heterocycles. The van der Waals surface area contributed by atoms with Crippen LogP contribution in [0.1, 0.15) is 5.82 Å². The predicted molar refractivity (Wildman–Crippen MR) is 60.3 cm³/mol. The molecule has 3 rings (SSSR count). The van der Waals surface area contributed by atoms with Crippen molar-refractivity contribution in [2.75, 3.05) is 5.73 Å². The van der Waals surface area contributed by atoms with Gasteiger partial charge in [-0.25, -0.2) is 0 Å². The lowest BCUT2D eigenvalue weighted by Gasteiger charge is -2.00. The Labute approximate surface area is 107 Å². The van der Waals surface area contributed by atoms with Gasteiger partial charge in [0, 0.05) is 7.05 Å². The summed E-state index contributed by atoms with van der Waals surface area (Å²) in [4.78, 5) is 0.0468. The van der Waals surface area contributed by atoms with E-state index in [-0.39, 0.29) is 4.96 Å². The Morgan fingerprint density at radius 2 is 2.05 bits per heavy atom. The predicted octanol–water partition coefficient (Wildman–Crippen LogP) is 1.19. The van der Waals surface area contributed by atoms with Gasteiger partial charge < -0.3 is 5.73 Å². The highest BCUT2D eigenvalue weighted by Gasteiger charge is 2.38. The molecule has 3 aromatic heterocycles. The van der Waals surface area contributed by atoms with E-state index in [1.807, 2.05) is 0 Å². The van der Waals surface area contributed by atoms with E-state index in [9.17, 15) is 13.2 Å². The monoisotopic (exact) mass is 289 g/mol. The van der Waals surface area contributed by atoms with E-state index in [0.29, 0.717) is 20.9 Å². The molecule has 0 aliphatic heterocycles. The van der Waals surface area contributed by atoms with E-state index >= 15 is 0 Å². The molecule has 0 aliphatic carbocycles. The summed E-state index contributed by atoms with van der Waals surface area (Å²) in [7, 11) is 1.63. The third-order valence-corrected chi connectivity index (χ3v) is 3.39. The van der Waals surface area contributed by atoms with E-state index < -0.39 is 12.0 Å². The van der Waals surface area contributed by atoms with Gasteiger partial charge in [-0.1, -0.05) is 11.3 Å². The van der Waals surface area contributed by atoms with Crippen molar-refractivity contribution < 1.29 is 13.2 Å². The van der Waals surface area contributed by atoms with Crippen molar-refractivity contribution in [3.8, 4) is 10.6 Å². The van der Waals surface area contributed by atoms with Crippen LogP contribution >= 0.6 is 11.3 Å². The fraction of sp³-hybridized carbons (Fsp3) is 0.250. The van der Waals surface area contributed by atoms with Crippen LogP contribution in [0.15, 0.2) is 6.20 Å². The van der Waals surface area contributed by atoms with Gasteiger partial charge in [0.25, 0.3) is 5.82 Å². The van der Waals surface area contributed by atoms with Crippen molar-refractivity contribution in [3.63, 3.8) is 0 Å². The zero-order valence-electron chi connectivity index (χ0n) is 9.38. The molecule has 0 saturated carbocycles. The maximum absolute atomic E-state index is 12.6. The van der Waals surface area contributed by atoms with Crippen LogP contribution < -0.4 is 5.73 Å². The number of nitrogens with zero attached hydrogens (tertiary/aromatic N) is 6. The minimum absolute atomic E-state index is 0.0468. The maximum atomic E-state index is 12.6. The summed E-state index contributed by atoms with van der Waals surface area (Å²) in [6, 6.07) is 0. The van der Waals surface area contributed by atoms with E-state index in [1.54, 1.807) is 7.05 Å². The van der Waals surface area contributed by atoms with Crippen LogP contribution in [0, 0.1) is 0 Å². The summed E-state index contributed by atoms with van der Waals surface area (Å²) < 4.78 is 40.0. The number of anilines is 1. The molecule has 0 fully saturated rings. The number of nitrogens with two attached hydrogens (primary N) is 1. The molecule has 0 amide bonds. The maximum Gasteiger partial charge on any atom is 0.453 e. The summed E-state index contributed by atoms with van der Waals surface area (Å²) in [6.45, 7) is 0. The van der Waals surface area contributed by atoms with Crippen molar-refractivity contribution in [3.05, 3.63) is 12.0 Å². The molecule has 0 aromatic carbocycles. The lowest BCUT2D eigenvalue weighted by molar-refractivity contribution is -0.146. The molecular formula is C8H6F3N7S. The molecule has 0 unspecified atom stereocenters. The number of rotatable bonds is 1. The molecule has 3 heterocycles. The van der Waals surface area contributed by atoms with Gasteiger partial charge in [-0.15, -0.1) is 10.2 Å². The van der Waals surface area contributed by atoms with Crippen LogP contribution in [0.5, 0.6) is 0 Å². The fourth-order valence-electron chi connectivity index (χ4n) is 1.51. The van der Waals surface area contributed by atoms with Crippen molar-refractivity contribution >= 4 is 22.1 Å². The average molecular weight is 289 g/mol. The number of aryl methyl sites for hydroxylation is 1. The van der Waals surface area contributed by atoms with E-state index in [1.165, 1.54) is 10.9 Å². The molecule has 100 valence electrons. The molecule has 0 spiro atoms. The van der Waals surface area contributed by atoms with Crippen LogP contribution in [0.3, 0.4) is 0 Å². The second kappa shape index (κ2) is 3.66. The van der Waals surface area contributed by atoms with Crippen LogP contribution in [-0.4, -0.2) is 29.6 Å². The number of hydrogen-bond donors (Lipinski definition) is 1. The first-order valence-corrected chi connectivity index (χ1v) is 5.77. The fourth-order valence-corrected chi connectivity index (χ4v) is 2.37. The minimum Gasteiger partial charge on any atom is -0.383 e. The SMILES string of the molecule is Cn1ncc(-c2nn3c(C(F)(F)F)nnc3s2)c1N. The minimum atomic E-state index is -4.61. The smallest absolute Gasteiger partial charge is 0.383 e. The molecule has 3 aromatic rings. The first-order chi connectivity index (χ1) is 8.88. The van der Waals surface area contributed by atoms with Crippen molar-refractivity contribution in [1.82, 2.24) is 29.6 Å². The highest BCUT2D eigenvalue weighted by molar-refractivity contribution is 7.19. The van der Waals surface area contributed by atoms with Crippen LogP contribution in [-0.2, 0) is 13.2 Å². The Bertz CT molecular complexity index is 752. The van der Waals surface area contributed by atoms with Crippen molar-refractivity contribution in [2.45, 2.75) is 6.18 Å². The summed E-state index contributed by atoms with van der Waals surface area (Å²) >= 11 is 0.960. The number of halogens is 3. The molecule has 19 heavy (non-hydrogen) atoms. The van der Waals surface area contributed by atoms with Gasteiger partial charge in [-0.2, -0.15) is 27.9 Å². The van der Waals surface area contributed by atoms with Crippen molar-refractivity contribution in [1.29, 1.82) is 0 Å². The molecule has 0 bridgehead atoms. The zero-order valence-corrected chi connectivity index (χ0v) is 10.2. The first kappa shape index (κ1) is 11.9. The van der Waals surface area contributed by atoms with Gasteiger partial charge in [0.1, 0.15) is 5.82 Å². The van der Waals surface area contributed by atoms with Gasteiger partial charge in [-0.05, 0) is 0 Å². The molecule has 11 heteroatoms. The van der Waals surface area contributed by atoms with Gasteiger partial charge in [0.15, 0.2) is 5.01 Å². The lowest BCUT2D eigenvalue weighted by Crippen LogP contribution is -2.11. The molecule has 0 aliphatic rings. The second-order valence-corrected chi connectivity index (χ2v) is 4.65. The molecule has 2 N–H and O–H groups in total. The first-order valence-electron chi connectivity index (χ1n) is 4.95. The van der Waals surface area contributed by atoms with E-state index in [2.05, 4.69) is 20.4 Å². The van der Waals surface area contributed by atoms with Crippen LogP contribution in [0.2, 0.25) is 0 Å². The number of aromatic nitrogens is 6. The third kappa shape index (κ3) is 1.73. The summed E-state index contributed by atoms with van der Waals surface area (Å²) in [5.41, 5.74) is 6.21. The second-order valence-electron chi connectivity index (χ2n) is 3.69. The number of alkyl halides is 3. The standard InChI is InChI=1S/C8H6F3N7S/c1-17-4(12)3(2-13-17)5-16-18-6(8(9,10)11)14-15-7(18)19-5/h2H,12H2,1H3. The van der Waals surface area contributed by atoms with Gasteiger partial charge in [0.05, 0.1) is 11.8 Å². The zero-order chi connectivity index (χ0) is 13.8. The Balaban J connectivity index is 2.18. The summed E-state index contributed by atoms with van der Waals surface area (Å²) in [5.74, 6) is -0.842. The Hall–Kier alpha value is -2.17. The number of hydrogen-bond acceptors (Lipinski definition) is 6. The summed E-state index contributed by atoms with van der Waals surface area (Å²) in [5, 5.41) is 14.6. The number of nitrogen functional groups attached to an aromatic ring is 1. The molecule has 0 radical (unpaired) electrons. The van der Waals surface area contributed by atoms with Crippen molar-refractivity contribution in [2.24, 2.45) is 7.05 Å². The molecule has 0 atom stereocenters. The highest BCUT2D eigenvalue weighted by Crippen LogP contribution is 2.33. The largest absolute Gasteiger partial charge is 0.453 e. The van der Waals surface area contributed by atoms with Gasteiger partial charge in [-0.3, -0.25) is 4.68 Å². The Morgan fingerprint density at radius 1 is 1.32 bits per heavy atom. The highest BCUT2D eigenvalue weighted by atomic mass is 32.1. The topological polar surface area (TPSA) is 86.9 Å². The van der Waals surface area contributed by atoms with Crippen LogP contribution in [0.4, 0.5) is 19.0 Å². The summed E-state index contributed by atoms with van der Waals surface area (Å²) in [6.07, 6.45) is -3.17. The Kier molecular flexibility index (Phi) is 2.29. The number of fused-ring (bicyclic) bond motifs is 1. The lowest BCUT2D eigenvalue weighted by atomic mass is 10.3. The normalized spacial score (nSPS) is 12.4. The Morgan fingerprint density at radius 3 is 2.63 bits per heavy atom. The average Bonchev–Trinajstić information content (AvgIpc) is 2.92. The quantitative estimate of drug-likeness (QED) is 0.727. The van der Waals surface area contributed by atoms with E-state index in [4.69, 9.17) is 5.73 Å². The van der Waals surface area contributed by atoms with E-state index in [0.717, 1.165) is 11.3 Å². The van der Waals surface area contributed by atoms with Gasteiger partial charge in [0.2, 0.25) is 4.96 Å².